The number of alkyl halides is 1. The van der Waals surface area contributed by atoms with Crippen LogP contribution in [0.25, 0.3) is 5.52 Å². The first-order valence-corrected chi connectivity index (χ1v) is 15.3. The molecule has 1 aliphatic rings. The summed E-state index contributed by atoms with van der Waals surface area (Å²) in [5, 5.41) is 28.5. The molecule has 42 heavy (non-hydrogen) atoms. The minimum atomic E-state index is -4.41. The maximum atomic E-state index is 14.6. The summed E-state index contributed by atoms with van der Waals surface area (Å²) in [6.45, 7) is 1.57. The topological polar surface area (TPSA) is 180 Å². The van der Waals surface area contributed by atoms with Crippen molar-refractivity contribution in [3.05, 3.63) is 54.5 Å². The molecule has 15 heteroatoms. The Kier molecular flexibility index (Phi) is 10.5. The second-order valence-electron chi connectivity index (χ2n) is 10.1. The van der Waals surface area contributed by atoms with Crippen molar-refractivity contribution < 1.29 is 42.5 Å². The normalized spacial score (nSPS) is 24.4. The Bertz CT molecular complexity index is 1380. The van der Waals surface area contributed by atoms with Crippen molar-refractivity contribution in [2.24, 2.45) is 0 Å². The molecule has 0 radical (unpaired) electrons. The number of halogens is 1. The molecule has 5 N–H and O–H groups in total. The highest BCUT2D eigenvalue weighted by Gasteiger charge is 2.57. The first-order valence-electron chi connectivity index (χ1n) is 13.7. The number of nitrogen functional groups attached to an aromatic ring is 1. The van der Waals surface area contributed by atoms with E-state index < -0.39 is 57.0 Å². The van der Waals surface area contributed by atoms with E-state index in [0.717, 1.165) is 19.3 Å². The number of rotatable bonds is 15. The number of hydrogen-bond acceptors (Lipinski definition) is 11. The van der Waals surface area contributed by atoms with Gasteiger partial charge in [0, 0.05) is 0 Å². The van der Waals surface area contributed by atoms with Crippen LogP contribution in [0.3, 0.4) is 0 Å². The number of benzene rings is 1. The molecule has 3 heterocycles. The van der Waals surface area contributed by atoms with E-state index in [4.69, 9.17) is 24.3 Å². The fourth-order valence-corrected chi connectivity index (χ4v) is 6.13. The lowest BCUT2D eigenvalue weighted by Gasteiger charge is -2.31. The summed E-state index contributed by atoms with van der Waals surface area (Å²) in [7, 11) is -4.41. The predicted molar refractivity (Wildman–Crippen MR) is 150 cm³/mol. The molecule has 13 nitrogen and oxygen atoms in total. The van der Waals surface area contributed by atoms with Gasteiger partial charge in [-0.25, -0.2) is 18.5 Å². The number of hydrogen-bond donors (Lipinski definition) is 4. The third kappa shape index (κ3) is 7.08. The van der Waals surface area contributed by atoms with Gasteiger partial charge in [0.2, 0.25) is 0 Å². The van der Waals surface area contributed by atoms with Crippen LogP contribution < -0.4 is 15.3 Å². The predicted octanol–water partition coefficient (Wildman–Crippen LogP) is 3.12. The number of carbonyl (C=O) groups is 1. The third-order valence-electron chi connectivity index (χ3n) is 6.96. The number of unbranched alkanes of at least 4 members (excludes halogenated alkanes) is 3. The van der Waals surface area contributed by atoms with Gasteiger partial charge in [-0.3, -0.25) is 9.32 Å². The maximum absolute atomic E-state index is 14.6. The van der Waals surface area contributed by atoms with Crippen molar-refractivity contribution in [3.63, 3.8) is 0 Å². The van der Waals surface area contributed by atoms with Crippen molar-refractivity contribution in [2.45, 2.75) is 69.5 Å². The van der Waals surface area contributed by atoms with Gasteiger partial charge in [-0.1, -0.05) is 44.4 Å². The number of aliphatic hydroxyl groups is 2. The van der Waals surface area contributed by atoms with Gasteiger partial charge in [0.05, 0.1) is 18.9 Å². The van der Waals surface area contributed by atoms with Crippen LogP contribution in [0, 0.1) is 0 Å². The zero-order chi connectivity index (χ0) is 30.3. The van der Waals surface area contributed by atoms with Crippen LogP contribution in [0.5, 0.6) is 5.75 Å². The van der Waals surface area contributed by atoms with Gasteiger partial charge in [-0.2, -0.15) is 10.2 Å². The molecule has 230 valence electrons. The van der Waals surface area contributed by atoms with Crippen LogP contribution in [-0.4, -0.2) is 74.5 Å². The van der Waals surface area contributed by atoms with Crippen molar-refractivity contribution in [3.8, 4) is 5.75 Å². The quantitative estimate of drug-likeness (QED) is 0.113. The summed E-state index contributed by atoms with van der Waals surface area (Å²) in [5.74, 6) is -0.366. The Morgan fingerprint density at radius 2 is 2.00 bits per heavy atom. The lowest BCUT2D eigenvalue weighted by atomic mass is 9.96. The molecule has 1 saturated heterocycles. The zero-order valence-corrected chi connectivity index (χ0v) is 24.4. The Morgan fingerprint density at radius 1 is 1.24 bits per heavy atom. The first-order chi connectivity index (χ1) is 20.1. The summed E-state index contributed by atoms with van der Waals surface area (Å²) in [6.07, 6.45) is 0.191. The largest absolute Gasteiger partial charge is 0.465 e. The highest BCUT2D eigenvalue weighted by atomic mass is 31.2. The molecule has 2 aromatic heterocycles. The SMILES string of the molecule is CCCCCCOC(=O)[C@H](C)N[P@@](=O)(OC[C@@]1(CF)O[C@@H](c2ccc3c(N)ncnn23)[C@H](O)[C@@H]1O)Oc1ccccc1. The lowest BCUT2D eigenvalue weighted by Crippen LogP contribution is -2.49. The van der Waals surface area contributed by atoms with Crippen molar-refractivity contribution in [1.82, 2.24) is 19.7 Å². The van der Waals surface area contributed by atoms with E-state index in [0.29, 0.717) is 11.9 Å². The Morgan fingerprint density at radius 3 is 2.71 bits per heavy atom. The van der Waals surface area contributed by atoms with Gasteiger partial charge in [0.1, 0.15) is 54.2 Å². The fraction of sp³-hybridized carbons (Fsp3) is 0.519. The van der Waals surface area contributed by atoms with Gasteiger partial charge in [-0.15, -0.1) is 0 Å². The average molecular weight is 610 g/mol. The van der Waals surface area contributed by atoms with E-state index in [-0.39, 0.29) is 23.9 Å². The Labute approximate surface area is 242 Å². The number of fused-ring (bicyclic) bond motifs is 1. The van der Waals surface area contributed by atoms with Gasteiger partial charge >= 0.3 is 13.7 Å². The highest BCUT2D eigenvalue weighted by molar-refractivity contribution is 7.52. The van der Waals surface area contributed by atoms with Crippen LogP contribution >= 0.6 is 7.75 Å². The van der Waals surface area contributed by atoms with Crippen LogP contribution in [0.15, 0.2) is 48.8 Å². The molecule has 4 rings (SSSR count). The molecule has 0 saturated carbocycles. The molecule has 1 aliphatic heterocycles. The van der Waals surface area contributed by atoms with Gasteiger partial charge in [0.15, 0.2) is 5.82 Å². The summed E-state index contributed by atoms with van der Waals surface area (Å²) < 4.78 is 52.3. The van der Waals surface area contributed by atoms with E-state index in [9.17, 15) is 24.0 Å². The minimum absolute atomic E-state index is 0.144. The van der Waals surface area contributed by atoms with Crippen molar-refractivity contribution in [1.29, 1.82) is 0 Å². The molecule has 1 aromatic carbocycles. The van der Waals surface area contributed by atoms with Crippen LogP contribution in [0.2, 0.25) is 0 Å². The molecule has 6 atom stereocenters. The van der Waals surface area contributed by atoms with Gasteiger partial charge in [-0.05, 0) is 37.6 Å². The molecule has 0 aliphatic carbocycles. The van der Waals surface area contributed by atoms with Gasteiger partial charge < -0.3 is 29.9 Å². The average Bonchev–Trinajstić information content (AvgIpc) is 3.52. The Balaban J connectivity index is 1.51. The fourth-order valence-electron chi connectivity index (χ4n) is 4.58. The Hall–Kier alpha value is -3.13. The lowest BCUT2D eigenvalue weighted by molar-refractivity contribution is -0.145. The second kappa shape index (κ2) is 13.9. The molecule has 0 spiro atoms. The molecule has 0 bridgehead atoms. The van der Waals surface area contributed by atoms with E-state index >= 15 is 0 Å². The molecule has 0 amide bonds. The summed E-state index contributed by atoms with van der Waals surface area (Å²) in [6, 6.07) is 10.1. The summed E-state index contributed by atoms with van der Waals surface area (Å²) in [4.78, 5) is 16.5. The minimum Gasteiger partial charge on any atom is -0.465 e. The molecular weight excluding hydrogens is 572 g/mol. The number of nitrogens with two attached hydrogens (primary N) is 1. The smallest absolute Gasteiger partial charge is 0.459 e. The van der Waals surface area contributed by atoms with Gasteiger partial charge in [0.25, 0.3) is 0 Å². The first kappa shape index (κ1) is 31.8. The number of anilines is 1. The number of nitrogens with one attached hydrogen (secondary N) is 1. The van der Waals surface area contributed by atoms with E-state index in [1.807, 2.05) is 0 Å². The van der Waals surface area contributed by atoms with Crippen LogP contribution in [0.1, 0.15) is 51.3 Å². The molecule has 0 unspecified atom stereocenters. The van der Waals surface area contributed by atoms with E-state index in [2.05, 4.69) is 22.1 Å². The highest BCUT2D eigenvalue weighted by Crippen LogP contribution is 2.48. The molecule has 1 fully saturated rings. The summed E-state index contributed by atoms with van der Waals surface area (Å²) >= 11 is 0. The van der Waals surface area contributed by atoms with Crippen LogP contribution in [0.4, 0.5) is 10.2 Å². The second-order valence-corrected chi connectivity index (χ2v) is 11.8. The molecular formula is C27H37FN5O8P. The van der Waals surface area contributed by atoms with E-state index in [1.54, 1.807) is 30.3 Å². The number of para-hydroxylation sites is 1. The number of aromatic nitrogens is 3. The molecule has 3 aromatic rings. The number of aliphatic hydroxyl groups excluding tert-OH is 2. The number of ether oxygens (including phenoxy) is 2. The maximum Gasteiger partial charge on any atom is 0.459 e. The summed E-state index contributed by atoms with van der Waals surface area (Å²) in [5.41, 5.74) is 4.44. The van der Waals surface area contributed by atoms with E-state index in [1.165, 1.54) is 29.9 Å². The third-order valence-corrected chi connectivity index (χ3v) is 8.58. The van der Waals surface area contributed by atoms with Crippen molar-refractivity contribution >= 4 is 25.1 Å². The number of carbonyl (C=O) groups excluding carboxylic acids is 1. The number of nitrogens with zero attached hydrogens (tertiary/aromatic N) is 3. The number of esters is 1. The zero-order valence-electron chi connectivity index (χ0n) is 23.5. The van der Waals surface area contributed by atoms with Crippen LogP contribution in [-0.2, 0) is 23.4 Å². The van der Waals surface area contributed by atoms with Crippen molar-refractivity contribution in [2.75, 3.05) is 25.6 Å². The standard InChI is InChI=1S/C27H37FN5O8P/c1-3-4-5-9-14-38-26(36)18(2)32-42(37,41-19-10-7-6-8-11-19)39-16-27(15-28)24(35)22(34)23(40-27)20-12-13-21-25(29)30-17-31-33(20)21/h6-8,10-13,17-18,22-24,34-35H,3-5,9,14-16H2,1-2H3,(H,32,37)(H2,29,30,31)/t18-,22-,23-,24-,27+,42+/m0/s1. The monoisotopic (exact) mass is 609 g/mol.